The maximum Gasteiger partial charge on any atom is 0.290 e. The molecular weight excluding hydrogens is 462 g/mol. The van der Waals surface area contributed by atoms with Crippen molar-refractivity contribution < 1.29 is 27.9 Å². The van der Waals surface area contributed by atoms with Crippen LogP contribution < -0.4 is 20.3 Å². The molecule has 1 aromatic heterocycles. The molecule has 3 aromatic rings. The SMILES string of the molecule is CCc1nn(S(=O)(=O)c2ccc3c(c2)NC(=O)CO3)c2cc(N3CCNCC3)ccc12.O=CO. The van der Waals surface area contributed by atoms with Crippen LogP contribution in [0.2, 0.25) is 0 Å². The van der Waals surface area contributed by atoms with Gasteiger partial charge < -0.3 is 25.4 Å². The van der Waals surface area contributed by atoms with Crippen molar-refractivity contribution in [1.29, 1.82) is 0 Å². The zero-order valence-corrected chi connectivity index (χ0v) is 19.3. The van der Waals surface area contributed by atoms with Gasteiger partial charge in [0.2, 0.25) is 0 Å². The number of piperazine rings is 1. The molecule has 12 heteroatoms. The van der Waals surface area contributed by atoms with Gasteiger partial charge in [-0.25, -0.2) is 0 Å². The number of carboxylic acid groups (broad SMARTS) is 1. The van der Waals surface area contributed by atoms with E-state index < -0.39 is 10.0 Å². The molecule has 3 heterocycles. The lowest BCUT2D eigenvalue weighted by Gasteiger charge is -2.29. The topological polar surface area (TPSA) is 143 Å². The van der Waals surface area contributed by atoms with Crippen LogP contribution in [-0.4, -0.2) is 67.9 Å². The molecule has 0 radical (unpaired) electrons. The van der Waals surface area contributed by atoms with Crippen LogP contribution in [0.4, 0.5) is 11.4 Å². The molecule has 34 heavy (non-hydrogen) atoms. The number of aromatic nitrogens is 2. The van der Waals surface area contributed by atoms with Crippen LogP contribution in [0.25, 0.3) is 10.9 Å². The summed E-state index contributed by atoms with van der Waals surface area (Å²) in [6, 6.07) is 10.3. The van der Waals surface area contributed by atoms with Crippen molar-refractivity contribution in [2.45, 2.75) is 18.2 Å². The van der Waals surface area contributed by atoms with E-state index in [9.17, 15) is 13.2 Å². The number of hydrogen-bond donors (Lipinski definition) is 3. The fraction of sp³-hybridized carbons (Fsp3) is 0.318. The van der Waals surface area contributed by atoms with Crippen molar-refractivity contribution in [3.05, 3.63) is 42.1 Å². The minimum Gasteiger partial charge on any atom is -0.483 e. The van der Waals surface area contributed by atoms with Gasteiger partial charge in [-0.15, -0.1) is 0 Å². The first-order chi connectivity index (χ1) is 16.4. The Morgan fingerprint density at radius 2 is 1.91 bits per heavy atom. The number of aryl methyl sites for hydroxylation is 1. The van der Waals surface area contributed by atoms with Gasteiger partial charge in [0.05, 0.1) is 21.8 Å². The predicted molar refractivity (Wildman–Crippen MR) is 126 cm³/mol. The van der Waals surface area contributed by atoms with Gasteiger partial charge in [0.25, 0.3) is 22.4 Å². The summed E-state index contributed by atoms with van der Waals surface area (Å²) in [4.78, 5) is 22.3. The summed E-state index contributed by atoms with van der Waals surface area (Å²) < 4.78 is 33.6. The molecule has 0 unspecified atom stereocenters. The smallest absolute Gasteiger partial charge is 0.290 e. The fourth-order valence-corrected chi connectivity index (χ4v) is 5.35. The minimum atomic E-state index is -3.99. The van der Waals surface area contributed by atoms with Crippen molar-refractivity contribution in [1.82, 2.24) is 14.5 Å². The number of fused-ring (bicyclic) bond motifs is 2. The molecule has 3 N–H and O–H groups in total. The van der Waals surface area contributed by atoms with E-state index in [0.29, 0.717) is 23.4 Å². The van der Waals surface area contributed by atoms with Crippen LogP contribution in [0.5, 0.6) is 5.75 Å². The third-order valence-corrected chi connectivity index (χ3v) is 7.22. The van der Waals surface area contributed by atoms with Crippen molar-refractivity contribution in [2.75, 3.05) is 43.0 Å². The quantitative estimate of drug-likeness (QED) is 0.464. The molecule has 0 spiro atoms. The molecular formula is C22H25N5O6S. The molecule has 180 valence electrons. The molecule has 11 nitrogen and oxygen atoms in total. The highest BCUT2D eigenvalue weighted by Crippen LogP contribution is 2.33. The monoisotopic (exact) mass is 487 g/mol. The van der Waals surface area contributed by atoms with E-state index in [2.05, 4.69) is 20.6 Å². The van der Waals surface area contributed by atoms with Gasteiger partial charge in [0.15, 0.2) is 6.61 Å². The molecule has 1 amide bonds. The average molecular weight is 488 g/mol. The number of ether oxygens (including phenoxy) is 1. The number of amides is 1. The largest absolute Gasteiger partial charge is 0.483 e. The number of hydrogen-bond acceptors (Lipinski definition) is 8. The zero-order chi connectivity index (χ0) is 24.3. The van der Waals surface area contributed by atoms with Gasteiger partial charge in [-0.1, -0.05) is 6.92 Å². The molecule has 5 rings (SSSR count). The third kappa shape index (κ3) is 4.41. The number of carbonyl (C=O) groups is 2. The number of benzene rings is 2. The van der Waals surface area contributed by atoms with Crippen molar-refractivity contribution in [2.24, 2.45) is 0 Å². The summed E-state index contributed by atoms with van der Waals surface area (Å²) >= 11 is 0. The van der Waals surface area contributed by atoms with Crippen LogP contribution >= 0.6 is 0 Å². The zero-order valence-electron chi connectivity index (χ0n) is 18.5. The van der Waals surface area contributed by atoms with E-state index in [1.807, 2.05) is 25.1 Å². The normalized spacial score (nSPS) is 15.6. The molecule has 0 atom stereocenters. The van der Waals surface area contributed by atoms with Crippen LogP contribution in [0.1, 0.15) is 12.6 Å². The Kier molecular flexibility index (Phi) is 6.70. The van der Waals surface area contributed by atoms with Gasteiger partial charge in [-0.3, -0.25) is 9.59 Å². The highest BCUT2D eigenvalue weighted by atomic mass is 32.2. The fourth-order valence-electron chi connectivity index (χ4n) is 4.03. The lowest BCUT2D eigenvalue weighted by molar-refractivity contribution is -0.123. The Hall–Kier alpha value is -3.64. The highest BCUT2D eigenvalue weighted by Gasteiger charge is 2.26. The number of carbonyl (C=O) groups excluding carboxylic acids is 1. The van der Waals surface area contributed by atoms with E-state index in [0.717, 1.165) is 47.0 Å². The van der Waals surface area contributed by atoms with Gasteiger partial charge in [-0.2, -0.15) is 17.6 Å². The maximum atomic E-state index is 13.6. The summed E-state index contributed by atoms with van der Waals surface area (Å²) in [7, 11) is -3.99. The number of rotatable bonds is 4. The van der Waals surface area contributed by atoms with Crippen molar-refractivity contribution >= 4 is 44.7 Å². The van der Waals surface area contributed by atoms with Gasteiger partial charge in [0, 0.05) is 37.3 Å². The predicted octanol–water partition coefficient (Wildman–Crippen LogP) is 1.28. The van der Waals surface area contributed by atoms with Crippen LogP contribution in [-0.2, 0) is 26.0 Å². The summed E-state index contributed by atoms with van der Waals surface area (Å²) in [6.45, 7) is 5.11. The Morgan fingerprint density at radius 1 is 1.18 bits per heavy atom. The Bertz CT molecular complexity index is 1330. The lowest BCUT2D eigenvalue weighted by Crippen LogP contribution is -2.43. The maximum absolute atomic E-state index is 13.6. The van der Waals surface area contributed by atoms with E-state index in [1.165, 1.54) is 12.1 Å². The average Bonchev–Trinajstić information content (AvgIpc) is 3.23. The standard InChI is InChI=1S/C21H23N5O4S.CH2O2/c1-2-17-16-5-3-14(25-9-7-22-8-10-25)11-19(16)26(24-17)31(28,29)15-4-6-20-18(12-15)23-21(27)13-30-20;2-1-3/h3-6,11-12,22H,2,7-10,13H2,1H3,(H,23,27);1H,(H,2,3). The Labute approximate surface area is 196 Å². The van der Waals surface area contributed by atoms with Crippen LogP contribution in [0.3, 0.4) is 0 Å². The molecule has 1 saturated heterocycles. The number of anilines is 2. The van der Waals surface area contributed by atoms with Gasteiger partial charge in [0.1, 0.15) is 5.75 Å². The second kappa shape index (κ2) is 9.69. The lowest BCUT2D eigenvalue weighted by atomic mass is 10.1. The van der Waals surface area contributed by atoms with E-state index in [-0.39, 0.29) is 23.9 Å². The molecule has 2 aromatic carbocycles. The molecule has 0 aliphatic carbocycles. The number of nitrogens with one attached hydrogen (secondary N) is 2. The van der Waals surface area contributed by atoms with Gasteiger partial charge >= 0.3 is 0 Å². The summed E-state index contributed by atoms with van der Waals surface area (Å²) in [5.41, 5.74) is 2.58. The molecule has 0 bridgehead atoms. The second-order valence-electron chi connectivity index (χ2n) is 7.69. The Balaban J connectivity index is 0.000000868. The Morgan fingerprint density at radius 3 is 2.62 bits per heavy atom. The third-order valence-electron chi connectivity index (χ3n) is 5.64. The van der Waals surface area contributed by atoms with E-state index in [4.69, 9.17) is 14.6 Å². The molecule has 0 saturated carbocycles. The first-order valence-corrected chi connectivity index (χ1v) is 12.2. The highest BCUT2D eigenvalue weighted by molar-refractivity contribution is 7.90. The van der Waals surface area contributed by atoms with Gasteiger partial charge in [-0.05, 0) is 42.8 Å². The van der Waals surface area contributed by atoms with E-state index >= 15 is 0 Å². The summed E-state index contributed by atoms with van der Waals surface area (Å²) in [5.74, 6) is 0.125. The second-order valence-corrected chi connectivity index (χ2v) is 9.45. The first kappa shape index (κ1) is 23.5. The van der Waals surface area contributed by atoms with Crippen LogP contribution in [0, 0.1) is 0 Å². The van der Waals surface area contributed by atoms with E-state index in [1.54, 1.807) is 6.07 Å². The number of nitrogens with zero attached hydrogens (tertiary/aromatic N) is 3. The first-order valence-electron chi connectivity index (χ1n) is 10.8. The molecule has 2 aliphatic rings. The van der Waals surface area contributed by atoms with Crippen molar-refractivity contribution in [3.8, 4) is 5.75 Å². The summed E-state index contributed by atoms with van der Waals surface area (Å²) in [5, 5.41) is 18.1. The summed E-state index contributed by atoms with van der Waals surface area (Å²) in [6.07, 6.45) is 0.611. The molecule has 1 fully saturated rings. The molecule has 2 aliphatic heterocycles. The van der Waals surface area contributed by atoms with Crippen molar-refractivity contribution in [3.63, 3.8) is 0 Å². The van der Waals surface area contributed by atoms with Crippen LogP contribution in [0.15, 0.2) is 41.3 Å². The minimum absolute atomic E-state index is 0.0386.